The summed E-state index contributed by atoms with van der Waals surface area (Å²) in [5.74, 6) is 1.52. The van der Waals surface area contributed by atoms with Crippen molar-refractivity contribution in [3.63, 3.8) is 0 Å². The molecular weight excluding hydrogens is 160 g/mol. The quantitative estimate of drug-likeness (QED) is 0.569. The van der Waals surface area contributed by atoms with Crippen LogP contribution >= 0.6 is 0 Å². The predicted molar refractivity (Wildman–Crippen MR) is 59.8 cm³/mol. The van der Waals surface area contributed by atoms with Gasteiger partial charge in [-0.05, 0) is 37.9 Å². The van der Waals surface area contributed by atoms with E-state index in [0.717, 1.165) is 19.0 Å². The average Bonchev–Trinajstić information content (AvgIpc) is 2.18. The maximum absolute atomic E-state index is 5.54. The van der Waals surface area contributed by atoms with Crippen molar-refractivity contribution in [3.8, 4) is 0 Å². The van der Waals surface area contributed by atoms with Crippen molar-refractivity contribution in [2.24, 2.45) is 17.6 Å². The Balaban J connectivity index is 3.23. The number of hydrogen-bond donors (Lipinski definition) is 2. The Morgan fingerprint density at radius 2 is 1.85 bits per heavy atom. The Kier molecular flexibility index (Phi) is 8.46. The van der Waals surface area contributed by atoms with E-state index < -0.39 is 0 Å². The molecule has 0 amide bonds. The molecule has 0 aromatic rings. The molecule has 0 aliphatic carbocycles. The lowest BCUT2D eigenvalue weighted by molar-refractivity contribution is 0.429. The van der Waals surface area contributed by atoms with Gasteiger partial charge in [0, 0.05) is 0 Å². The van der Waals surface area contributed by atoms with Gasteiger partial charge in [-0.3, -0.25) is 0 Å². The molecule has 0 aromatic heterocycles. The standard InChI is InChI=1S/C11H26N2/c1-4-11(5-2)9-13-7-6-10(3)8-12/h10-11,13H,4-9,12H2,1-3H3. The maximum Gasteiger partial charge on any atom is -0.00207 e. The first-order valence-electron chi connectivity index (χ1n) is 5.65. The van der Waals surface area contributed by atoms with Crippen molar-refractivity contribution >= 4 is 0 Å². The van der Waals surface area contributed by atoms with Crippen LogP contribution in [0.3, 0.4) is 0 Å². The molecule has 0 saturated heterocycles. The van der Waals surface area contributed by atoms with E-state index in [1.54, 1.807) is 0 Å². The molecule has 80 valence electrons. The van der Waals surface area contributed by atoms with Crippen LogP contribution in [0.15, 0.2) is 0 Å². The van der Waals surface area contributed by atoms with Crippen LogP contribution in [0.1, 0.15) is 40.0 Å². The third kappa shape index (κ3) is 7.03. The zero-order valence-electron chi connectivity index (χ0n) is 9.47. The predicted octanol–water partition coefficient (Wildman–Crippen LogP) is 2.00. The Bertz CT molecular complexity index is 100. The largest absolute Gasteiger partial charge is 0.330 e. The molecule has 1 atom stereocenters. The monoisotopic (exact) mass is 186 g/mol. The molecule has 0 aliphatic heterocycles. The zero-order chi connectivity index (χ0) is 10.1. The molecule has 2 nitrogen and oxygen atoms in total. The highest BCUT2D eigenvalue weighted by atomic mass is 14.9. The van der Waals surface area contributed by atoms with Gasteiger partial charge in [0.25, 0.3) is 0 Å². The van der Waals surface area contributed by atoms with E-state index in [2.05, 4.69) is 26.1 Å². The van der Waals surface area contributed by atoms with Crippen molar-refractivity contribution in [3.05, 3.63) is 0 Å². The van der Waals surface area contributed by atoms with E-state index in [-0.39, 0.29) is 0 Å². The van der Waals surface area contributed by atoms with Crippen LogP contribution < -0.4 is 11.1 Å². The minimum Gasteiger partial charge on any atom is -0.330 e. The lowest BCUT2D eigenvalue weighted by Gasteiger charge is -2.14. The molecule has 1 unspecified atom stereocenters. The van der Waals surface area contributed by atoms with Crippen LogP contribution in [0.5, 0.6) is 0 Å². The van der Waals surface area contributed by atoms with Crippen LogP contribution in [-0.2, 0) is 0 Å². The fourth-order valence-electron chi connectivity index (χ4n) is 1.35. The highest BCUT2D eigenvalue weighted by molar-refractivity contribution is 4.60. The first-order chi connectivity index (χ1) is 6.24. The third-order valence-corrected chi connectivity index (χ3v) is 2.80. The summed E-state index contributed by atoms with van der Waals surface area (Å²) < 4.78 is 0. The van der Waals surface area contributed by atoms with Crippen molar-refractivity contribution in [2.45, 2.75) is 40.0 Å². The minimum atomic E-state index is 0.661. The summed E-state index contributed by atoms with van der Waals surface area (Å²) in [5, 5.41) is 3.50. The molecule has 0 rings (SSSR count). The van der Waals surface area contributed by atoms with E-state index in [0.29, 0.717) is 5.92 Å². The van der Waals surface area contributed by atoms with Crippen LogP contribution in [0.25, 0.3) is 0 Å². The first kappa shape index (κ1) is 12.9. The summed E-state index contributed by atoms with van der Waals surface area (Å²) in [6, 6.07) is 0. The second-order valence-corrected chi connectivity index (χ2v) is 4.02. The van der Waals surface area contributed by atoms with Crippen molar-refractivity contribution < 1.29 is 0 Å². The summed E-state index contributed by atoms with van der Waals surface area (Å²) in [7, 11) is 0. The molecule has 0 bridgehead atoms. The fraction of sp³-hybridized carbons (Fsp3) is 1.00. The summed E-state index contributed by atoms with van der Waals surface area (Å²) in [4.78, 5) is 0. The molecule has 0 radical (unpaired) electrons. The van der Waals surface area contributed by atoms with E-state index in [9.17, 15) is 0 Å². The van der Waals surface area contributed by atoms with Crippen LogP contribution in [-0.4, -0.2) is 19.6 Å². The first-order valence-corrected chi connectivity index (χ1v) is 5.65. The fourth-order valence-corrected chi connectivity index (χ4v) is 1.35. The van der Waals surface area contributed by atoms with Crippen LogP contribution in [0, 0.1) is 11.8 Å². The Labute approximate surface area is 83.3 Å². The molecule has 0 heterocycles. The molecular formula is C11H26N2. The van der Waals surface area contributed by atoms with Gasteiger partial charge < -0.3 is 11.1 Å². The lowest BCUT2D eigenvalue weighted by atomic mass is 10.0. The smallest absolute Gasteiger partial charge is 0.00207 e. The van der Waals surface area contributed by atoms with Gasteiger partial charge in [-0.25, -0.2) is 0 Å². The van der Waals surface area contributed by atoms with Gasteiger partial charge in [0.1, 0.15) is 0 Å². The topological polar surface area (TPSA) is 38.0 Å². The summed E-state index contributed by atoms with van der Waals surface area (Å²) in [6.07, 6.45) is 3.78. The van der Waals surface area contributed by atoms with E-state index >= 15 is 0 Å². The zero-order valence-corrected chi connectivity index (χ0v) is 9.47. The van der Waals surface area contributed by atoms with Crippen molar-refractivity contribution in [1.82, 2.24) is 5.32 Å². The molecule has 3 N–H and O–H groups in total. The molecule has 13 heavy (non-hydrogen) atoms. The summed E-state index contributed by atoms with van der Waals surface area (Å²) in [6.45, 7) is 9.83. The van der Waals surface area contributed by atoms with Gasteiger partial charge in [0.15, 0.2) is 0 Å². The van der Waals surface area contributed by atoms with Crippen molar-refractivity contribution in [1.29, 1.82) is 0 Å². The summed E-state index contributed by atoms with van der Waals surface area (Å²) >= 11 is 0. The van der Waals surface area contributed by atoms with Gasteiger partial charge >= 0.3 is 0 Å². The number of nitrogens with one attached hydrogen (secondary N) is 1. The highest BCUT2D eigenvalue weighted by Gasteiger charge is 2.02. The number of rotatable bonds is 8. The molecule has 0 aliphatic rings. The van der Waals surface area contributed by atoms with E-state index in [1.807, 2.05) is 0 Å². The second-order valence-electron chi connectivity index (χ2n) is 4.02. The van der Waals surface area contributed by atoms with Gasteiger partial charge in [0.05, 0.1) is 0 Å². The van der Waals surface area contributed by atoms with Gasteiger partial charge in [0.2, 0.25) is 0 Å². The van der Waals surface area contributed by atoms with Gasteiger partial charge in [-0.15, -0.1) is 0 Å². The molecule has 0 fully saturated rings. The van der Waals surface area contributed by atoms with E-state index in [4.69, 9.17) is 5.73 Å². The van der Waals surface area contributed by atoms with Crippen molar-refractivity contribution in [2.75, 3.05) is 19.6 Å². The SMILES string of the molecule is CCC(CC)CNCCC(C)CN. The third-order valence-electron chi connectivity index (χ3n) is 2.80. The lowest BCUT2D eigenvalue weighted by Crippen LogP contribution is -2.25. The normalized spacial score (nSPS) is 13.6. The Hall–Kier alpha value is -0.0800. The van der Waals surface area contributed by atoms with E-state index in [1.165, 1.54) is 25.8 Å². The molecule has 0 spiro atoms. The number of hydrogen-bond acceptors (Lipinski definition) is 2. The summed E-state index contributed by atoms with van der Waals surface area (Å²) in [5.41, 5.74) is 5.54. The Morgan fingerprint density at radius 3 is 2.31 bits per heavy atom. The van der Waals surface area contributed by atoms with Gasteiger partial charge in [-0.2, -0.15) is 0 Å². The Morgan fingerprint density at radius 1 is 1.23 bits per heavy atom. The second kappa shape index (κ2) is 8.52. The van der Waals surface area contributed by atoms with Crippen LogP contribution in [0.4, 0.5) is 0 Å². The minimum absolute atomic E-state index is 0.661. The molecule has 2 heteroatoms. The number of nitrogens with two attached hydrogens (primary N) is 1. The highest BCUT2D eigenvalue weighted by Crippen LogP contribution is 2.05. The van der Waals surface area contributed by atoms with Crippen LogP contribution in [0.2, 0.25) is 0 Å². The maximum atomic E-state index is 5.54. The van der Waals surface area contributed by atoms with Gasteiger partial charge in [-0.1, -0.05) is 33.6 Å². The molecule has 0 saturated carbocycles. The molecule has 0 aromatic carbocycles. The average molecular weight is 186 g/mol.